The molecule has 7 heteroatoms. The van der Waals surface area contributed by atoms with E-state index in [0.29, 0.717) is 29.9 Å². The maximum atomic E-state index is 12.6. The highest BCUT2D eigenvalue weighted by atomic mass is 35.5. The van der Waals surface area contributed by atoms with E-state index in [1.54, 1.807) is 10.7 Å². The first-order valence-electron chi connectivity index (χ1n) is 7.54. The zero-order chi connectivity index (χ0) is 15.7. The van der Waals surface area contributed by atoms with Crippen LogP contribution in [0.15, 0.2) is 35.3 Å². The average molecular weight is 337 g/mol. The zero-order valence-electron chi connectivity index (χ0n) is 13.0. The number of nitrogens with zero attached hydrogens (tertiary/aromatic N) is 3. The predicted molar refractivity (Wildman–Crippen MR) is 91.6 cm³/mol. The van der Waals surface area contributed by atoms with Gasteiger partial charge in [0.25, 0.3) is 0 Å². The van der Waals surface area contributed by atoms with E-state index in [4.69, 9.17) is 5.73 Å². The van der Waals surface area contributed by atoms with Crippen molar-refractivity contribution in [2.75, 3.05) is 13.1 Å². The van der Waals surface area contributed by atoms with Crippen molar-refractivity contribution in [1.82, 2.24) is 14.7 Å². The molecule has 23 heavy (non-hydrogen) atoms. The van der Waals surface area contributed by atoms with Crippen LogP contribution in [0, 0.1) is 5.92 Å². The number of carbonyl (C=O) groups excluding carboxylic acids is 1. The molecule has 0 spiro atoms. The molecule has 0 radical (unpaired) electrons. The second-order valence-electron chi connectivity index (χ2n) is 5.92. The number of hydrogen-bond acceptors (Lipinski definition) is 4. The standard InChI is InChI=1S/C16H20N4O2.ClH/c1-11-6-12(7-17)9-19(11)16(22)10-20-14-5-3-2-4-13(14)15(21)8-18-20;/h2-5,8,11-12H,6-7,9-10,17H2,1H3;1H. The first-order chi connectivity index (χ1) is 10.6. The van der Waals surface area contributed by atoms with Crippen LogP contribution in [0.25, 0.3) is 10.9 Å². The predicted octanol–water partition coefficient (Wildman–Crippen LogP) is 1.01. The van der Waals surface area contributed by atoms with Crippen molar-refractivity contribution in [2.24, 2.45) is 11.7 Å². The minimum absolute atomic E-state index is 0. The zero-order valence-corrected chi connectivity index (χ0v) is 13.8. The van der Waals surface area contributed by atoms with Gasteiger partial charge in [-0.05, 0) is 37.9 Å². The smallest absolute Gasteiger partial charge is 0.244 e. The monoisotopic (exact) mass is 336 g/mol. The van der Waals surface area contributed by atoms with E-state index in [-0.39, 0.29) is 36.3 Å². The molecule has 0 aliphatic carbocycles. The molecule has 6 nitrogen and oxygen atoms in total. The summed E-state index contributed by atoms with van der Waals surface area (Å²) in [5.41, 5.74) is 6.27. The fourth-order valence-corrected chi connectivity index (χ4v) is 3.17. The lowest BCUT2D eigenvalue weighted by Crippen LogP contribution is -2.37. The summed E-state index contributed by atoms with van der Waals surface area (Å²) in [7, 11) is 0. The molecule has 1 amide bonds. The van der Waals surface area contributed by atoms with E-state index in [1.807, 2.05) is 30.0 Å². The molecule has 1 saturated heterocycles. The first-order valence-corrected chi connectivity index (χ1v) is 7.54. The SMILES string of the molecule is CC1CC(CN)CN1C(=O)Cn1ncc(=O)c2ccccc21.Cl. The number of likely N-dealkylation sites (tertiary alicyclic amines) is 1. The molecular formula is C16H21ClN4O2. The van der Waals surface area contributed by atoms with Crippen molar-refractivity contribution in [3.8, 4) is 0 Å². The number of halogens is 1. The number of nitrogens with two attached hydrogens (primary N) is 1. The van der Waals surface area contributed by atoms with Crippen LogP contribution in [-0.2, 0) is 11.3 Å². The highest BCUT2D eigenvalue weighted by molar-refractivity contribution is 5.85. The number of para-hydroxylation sites is 1. The van der Waals surface area contributed by atoms with Crippen molar-refractivity contribution in [3.05, 3.63) is 40.7 Å². The normalized spacial score (nSPS) is 20.5. The van der Waals surface area contributed by atoms with E-state index in [9.17, 15) is 9.59 Å². The van der Waals surface area contributed by atoms with Gasteiger partial charge in [-0.1, -0.05) is 12.1 Å². The van der Waals surface area contributed by atoms with E-state index in [1.165, 1.54) is 6.20 Å². The van der Waals surface area contributed by atoms with Gasteiger partial charge in [0.15, 0.2) is 0 Å². The van der Waals surface area contributed by atoms with Gasteiger partial charge in [0, 0.05) is 18.0 Å². The molecule has 2 aromatic rings. The molecule has 1 aliphatic heterocycles. The van der Waals surface area contributed by atoms with Crippen LogP contribution in [0.3, 0.4) is 0 Å². The molecule has 2 atom stereocenters. The highest BCUT2D eigenvalue weighted by Crippen LogP contribution is 2.22. The fraction of sp³-hybridized carbons (Fsp3) is 0.438. The number of benzene rings is 1. The second kappa shape index (κ2) is 7.10. The minimum Gasteiger partial charge on any atom is -0.338 e. The summed E-state index contributed by atoms with van der Waals surface area (Å²) in [6, 6.07) is 7.42. The second-order valence-corrected chi connectivity index (χ2v) is 5.92. The Morgan fingerprint density at radius 1 is 1.39 bits per heavy atom. The number of amides is 1. The Hall–Kier alpha value is -1.92. The number of aromatic nitrogens is 2. The van der Waals surface area contributed by atoms with Crippen LogP contribution in [0.2, 0.25) is 0 Å². The van der Waals surface area contributed by atoms with E-state index in [0.717, 1.165) is 6.42 Å². The lowest BCUT2D eigenvalue weighted by molar-refractivity contribution is -0.132. The Balaban J connectivity index is 0.00000192. The molecule has 2 unspecified atom stereocenters. The van der Waals surface area contributed by atoms with Crippen LogP contribution >= 0.6 is 12.4 Å². The van der Waals surface area contributed by atoms with Crippen LogP contribution in [0.5, 0.6) is 0 Å². The summed E-state index contributed by atoms with van der Waals surface area (Å²) in [5, 5.41) is 4.70. The number of rotatable bonds is 3. The van der Waals surface area contributed by atoms with Gasteiger partial charge in [-0.25, -0.2) is 0 Å². The summed E-state index contributed by atoms with van der Waals surface area (Å²) in [6.45, 7) is 3.49. The van der Waals surface area contributed by atoms with Crippen molar-refractivity contribution >= 4 is 29.2 Å². The molecule has 1 aliphatic rings. The molecular weight excluding hydrogens is 316 g/mol. The molecule has 0 bridgehead atoms. The summed E-state index contributed by atoms with van der Waals surface area (Å²) in [5.74, 6) is 0.391. The van der Waals surface area contributed by atoms with Crippen molar-refractivity contribution in [3.63, 3.8) is 0 Å². The topological polar surface area (TPSA) is 81.2 Å². The minimum atomic E-state index is -0.128. The Morgan fingerprint density at radius 3 is 2.83 bits per heavy atom. The van der Waals surface area contributed by atoms with Crippen molar-refractivity contribution in [1.29, 1.82) is 0 Å². The molecule has 124 valence electrons. The summed E-state index contributed by atoms with van der Waals surface area (Å²) in [6.07, 6.45) is 2.21. The van der Waals surface area contributed by atoms with Crippen LogP contribution in [-0.4, -0.2) is 39.7 Å². The van der Waals surface area contributed by atoms with Gasteiger partial charge in [-0.2, -0.15) is 5.10 Å². The molecule has 1 aromatic carbocycles. The number of hydrogen-bond donors (Lipinski definition) is 1. The third-order valence-electron chi connectivity index (χ3n) is 4.36. The van der Waals surface area contributed by atoms with E-state index < -0.39 is 0 Å². The van der Waals surface area contributed by atoms with Gasteiger partial charge in [-0.15, -0.1) is 12.4 Å². The Kier molecular flexibility index (Phi) is 5.38. The maximum absolute atomic E-state index is 12.6. The molecule has 2 N–H and O–H groups in total. The van der Waals surface area contributed by atoms with Crippen LogP contribution in [0.1, 0.15) is 13.3 Å². The molecule has 1 aromatic heterocycles. The molecule has 2 heterocycles. The Labute approximate surface area is 140 Å². The van der Waals surface area contributed by atoms with E-state index in [2.05, 4.69) is 5.10 Å². The largest absolute Gasteiger partial charge is 0.338 e. The van der Waals surface area contributed by atoms with Gasteiger partial charge in [-0.3, -0.25) is 14.3 Å². The van der Waals surface area contributed by atoms with Crippen molar-refractivity contribution < 1.29 is 4.79 Å². The number of fused-ring (bicyclic) bond motifs is 1. The lowest BCUT2D eigenvalue weighted by atomic mass is 10.1. The number of carbonyl (C=O) groups is 1. The average Bonchev–Trinajstić information content (AvgIpc) is 2.91. The van der Waals surface area contributed by atoms with E-state index >= 15 is 0 Å². The first kappa shape index (κ1) is 17.4. The summed E-state index contributed by atoms with van der Waals surface area (Å²) < 4.78 is 1.60. The Bertz CT molecular complexity index is 761. The quantitative estimate of drug-likeness (QED) is 0.907. The highest BCUT2D eigenvalue weighted by Gasteiger charge is 2.31. The fourth-order valence-electron chi connectivity index (χ4n) is 3.17. The van der Waals surface area contributed by atoms with Crippen LogP contribution < -0.4 is 11.2 Å². The van der Waals surface area contributed by atoms with Gasteiger partial charge >= 0.3 is 0 Å². The third-order valence-corrected chi connectivity index (χ3v) is 4.36. The lowest BCUT2D eigenvalue weighted by Gasteiger charge is -2.22. The van der Waals surface area contributed by atoms with Gasteiger partial charge < -0.3 is 10.6 Å². The van der Waals surface area contributed by atoms with Crippen molar-refractivity contribution in [2.45, 2.75) is 25.9 Å². The van der Waals surface area contributed by atoms with Gasteiger partial charge in [0.1, 0.15) is 6.54 Å². The molecule has 0 saturated carbocycles. The molecule has 3 rings (SSSR count). The molecule has 1 fully saturated rings. The Morgan fingerprint density at radius 2 is 2.13 bits per heavy atom. The van der Waals surface area contributed by atoms with Gasteiger partial charge in [0.05, 0.1) is 11.7 Å². The summed E-state index contributed by atoms with van der Waals surface area (Å²) in [4.78, 5) is 26.3. The maximum Gasteiger partial charge on any atom is 0.244 e. The third kappa shape index (κ3) is 3.38. The van der Waals surface area contributed by atoms with Crippen LogP contribution in [0.4, 0.5) is 0 Å². The van der Waals surface area contributed by atoms with Gasteiger partial charge in [0.2, 0.25) is 11.3 Å². The summed E-state index contributed by atoms with van der Waals surface area (Å²) >= 11 is 0.